The Morgan fingerprint density at radius 1 is 1.06 bits per heavy atom. The number of amides is 2. The van der Waals surface area contributed by atoms with Crippen molar-refractivity contribution in [2.24, 2.45) is 0 Å². The third-order valence-electron chi connectivity index (χ3n) is 6.36. The van der Waals surface area contributed by atoms with Crippen LogP contribution >= 0.6 is 0 Å². The second-order valence-corrected chi connectivity index (χ2v) is 8.55. The maximum atomic E-state index is 13.0. The van der Waals surface area contributed by atoms with Crippen LogP contribution in [-0.4, -0.2) is 29.6 Å². The molecule has 1 atom stereocenters. The van der Waals surface area contributed by atoms with Crippen molar-refractivity contribution in [1.29, 1.82) is 0 Å². The first-order valence-corrected chi connectivity index (χ1v) is 11.2. The molecule has 3 aromatic carbocycles. The molecule has 1 aliphatic rings. The molecule has 1 aromatic heterocycles. The monoisotopic (exact) mass is 441 g/mol. The summed E-state index contributed by atoms with van der Waals surface area (Å²) in [5, 5.41) is 3.03. The topological polar surface area (TPSA) is 67.6 Å². The van der Waals surface area contributed by atoms with Gasteiger partial charge in [0.2, 0.25) is 5.89 Å². The van der Waals surface area contributed by atoms with Gasteiger partial charge >= 0.3 is 6.03 Å². The summed E-state index contributed by atoms with van der Waals surface area (Å²) in [6.07, 6.45) is 1.74. The number of aromatic nitrogens is 1. The molecular weight excluding hydrogens is 414 g/mol. The van der Waals surface area contributed by atoms with Crippen LogP contribution < -0.4 is 10.1 Å². The lowest BCUT2D eigenvalue weighted by Crippen LogP contribution is -2.34. The largest absolute Gasteiger partial charge is 0.497 e. The summed E-state index contributed by atoms with van der Waals surface area (Å²) >= 11 is 0. The van der Waals surface area contributed by atoms with E-state index < -0.39 is 0 Å². The van der Waals surface area contributed by atoms with Gasteiger partial charge in [-0.2, -0.15) is 0 Å². The smallest absolute Gasteiger partial charge is 0.322 e. The minimum Gasteiger partial charge on any atom is -0.497 e. The Balaban J connectivity index is 1.39. The summed E-state index contributed by atoms with van der Waals surface area (Å²) in [5.74, 6) is 1.39. The fourth-order valence-corrected chi connectivity index (χ4v) is 4.35. The quantitative estimate of drug-likeness (QED) is 0.393. The van der Waals surface area contributed by atoms with Gasteiger partial charge < -0.3 is 19.4 Å². The number of nitrogens with zero attached hydrogens (tertiary/aromatic N) is 2. The number of benzene rings is 3. The number of urea groups is 1. The van der Waals surface area contributed by atoms with Crippen molar-refractivity contribution in [2.75, 3.05) is 19.0 Å². The van der Waals surface area contributed by atoms with Crippen molar-refractivity contribution in [1.82, 2.24) is 9.88 Å². The molecule has 4 aromatic rings. The van der Waals surface area contributed by atoms with E-state index in [0.717, 1.165) is 52.1 Å². The number of aryl methyl sites for hydroxylation is 2. The van der Waals surface area contributed by atoms with Crippen LogP contribution in [0.15, 0.2) is 65.1 Å². The lowest BCUT2D eigenvalue weighted by molar-refractivity contribution is 0.199. The van der Waals surface area contributed by atoms with Crippen LogP contribution in [0.3, 0.4) is 0 Å². The summed E-state index contributed by atoms with van der Waals surface area (Å²) in [5.41, 5.74) is 6.75. The number of anilines is 1. The third kappa shape index (κ3) is 4.16. The molecule has 0 saturated carbocycles. The second-order valence-electron chi connectivity index (χ2n) is 8.55. The van der Waals surface area contributed by atoms with Crippen molar-refractivity contribution in [3.63, 3.8) is 0 Å². The summed E-state index contributed by atoms with van der Waals surface area (Å²) in [6, 6.07) is 19.6. The Hall–Kier alpha value is -3.80. The predicted molar refractivity (Wildman–Crippen MR) is 130 cm³/mol. The molecule has 1 N–H and O–H groups in total. The van der Waals surface area contributed by atoms with Gasteiger partial charge in [0, 0.05) is 12.2 Å². The molecule has 2 heterocycles. The number of carbonyl (C=O) groups is 1. The Bertz CT molecular complexity index is 1330. The molecule has 2 amide bonds. The maximum absolute atomic E-state index is 13.0. The number of methoxy groups -OCH3 is 1. The van der Waals surface area contributed by atoms with E-state index in [1.807, 2.05) is 72.5 Å². The van der Waals surface area contributed by atoms with Crippen molar-refractivity contribution < 1.29 is 13.9 Å². The molecule has 0 spiro atoms. The minimum atomic E-state index is -0.177. The van der Waals surface area contributed by atoms with E-state index in [1.54, 1.807) is 7.11 Å². The number of oxazole rings is 1. The van der Waals surface area contributed by atoms with E-state index in [-0.39, 0.29) is 12.1 Å². The van der Waals surface area contributed by atoms with E-state index >= 15 is 0 Å². The average molecular weight is 442 g/mol. The first-order valence-electron chi connectivity index (χ1n) is 11.2. The summed E-state index contributed by atoms with van der Waals surface area (Å²) in [4.78, 5) is 19.6. The van der Waals surface area contributed by atoms with E-state index in [0.29, 0.717) is 12.4 Å². The zero-order valence-electron chi connectivity index (χ0n) is 19.1. The van der Waals surface area contributed by atoms with Crippen LogP contribution in [0.2, 0.25) is 0 Å². The van der Waals surface area contributed by atoms with Crippen LogP contribution in [0.4, 0.5) is 10.5 Å². The van der Waals surface area contributed by atoms with Crippen LogP contribution in [0.25, 0.3) is 22.2 Å². The van der Waals surface area contributed by atoms with Crippen LogP contribution in [0, 0.1) is 13.8 Å². The number of carbonyl (C=O) groups excluding carboxylic acids is 1. The molecule has 5 rings (SSSR count). The molecule has 1 fully saturated rings. The number of ether oxygens (including phenoxy) is 1. The Morgan fingerprint density at radius 2 is 1.91 bits per heavy atom. The standard InChI is InChI=1S/C27H27N3O3/c1-17-9-11-21(14-18(17)2)28-27(31)30-13-5-8-24(30)26-29-23-16-20(10-12-25(23)33-26)19-6-4-7-22(15-19)32-3/h4,6-7,9-12,14-16,24H,5,8,13H2,1-3H3,(H,28,31)/t24-/m1/s1. The van der Waals surface area contributed by atoms with Crippen LogP contribution in [-0.2, 0) is 0 Å². The Labute approximate surface area is 193 Å². The lowest BCUT2D eigenvalue weighted by Gasteiger charge is -2.22. The van der Waals surface area contributed by atoms with Crippen molar-refractivity contribution in [3.05, 3.63) is 77.7 Å². The van der Waals surface area contributed by atoms with Gasteiger partial charge in [-0.15, -0.1) is 0 Å². The molecule has 6 heteroatoms. The summed E-state index contributed by atoms with van der Waals surface area (Å²) < 4.78 is 11.4. The van der Waals surface area contributed by atoms with Crippen LogP contribution in [0.1, 0.15) is 35.9 Å². The second kappa shape index (κ2) is 8.62. The third-order valence-corrected chi connectivity index (χ3v) is 6.36. The number of nitrogens with one attached hydrogen (secondary N) is 1. The van der Waals surface area contributed by atoms with E-state index in [9.17, 15) is 4.79 Å². The molecule has 1 saturated heterocycles. The van der Waals surface area contributed by atoms with E-state index in [4.69, 9.17) is 14.1 Å². The number of likely N-dealkylation sites (tertiary alicyclic amines) is 1. The molecule has 1 aliphatic heterocycles. The molecule has 168 valence electrons. The highest BCUT2D eigenvalue weighted by Crippen LogP contribution is 2.35. The lowest BCUT2D eigenvalue weighted by atomic mass is 10.1. The normalized spacial score (nSPS) is 15.7. The predicted octanol–water partition coefficient (Wildman–Crippen LogP) is 6.49. The summed E-state index contributed by atoms with van der Waals surface area (Å²) in [6.45, 7) is 4.78. The molecule has 0 aliphatic carbocycles. The maximum Gasteiger partial charge on any atom is 0.322 e. The van der Waals surface area contributed by atoms with Gasteiger partial charge in [0.05, 0.1) is 7.11 Å². The van der Waals surface area contributed by atoms with Gasteiger partial charge in [-0.3, -0.25) is 0 Å². The van der Waals surface area contributed by atoms with E-state index in [1.165, 1.54) is 5.56 Å². The average Bonchev–Trinajstić information content (AvgIpc) is 3.48. The van der Waals surface area contributed by atoms with Crippen molar-refractivity contribution in [2.45, 2.75) is 32.7 Å². The summed E-state index contributed by atoms with van der Waals surface area (Å²) in [7, 11) is 1.66. The van der Waals surface area contributed by atoms with Gasteiger partial charge in [-0.25, -0.2) is 9.78 Å². The van der Waals surface area contributed by atoms with Gasteiger partial charge in [0.1, 0.15) is 17.3 Å². The van der Waals surface area contributed by atoms with Crippen LogP contribution in [0.5, 0.6) is 5.75 Å². The van der Waals surface area contributed by atoms with Gasteiger partial charge in [-0.05, 0) is 85.3 Å². The first kappa shape index (κ1) is 21.1. The molecular formula is C27H27N3O3. The Morgan fingerprint density at radius 3 is 2.73 bits per heavy atom. The number of hydrogen-bond donors (Lipinski definition) is 1. The van der Waals surface area contributed by atoms with Crippen molar-refractivity contribution in [3.8, 4) is 16.9 Å². The molecule has 6 nitrogen and oxygen atoms in total. The molecule has 0 radical (unpaired) electrons. The van der Waals surface area contributed by atoms with Gasteiger partial charge in [-0.1, -0.05) is 24.3 Å². The molecule has 0 unspecified atom stereocenters. The van der Waals surface area contributed by atoms with Gasteiger partial charge in [0.25, 0.3) is 0 Å². The Kier molecular flexibility index (Phi) is 5.50. The highest BCUT2D eigenvalue weighted by Gasteiger charge is 2.33. The highest BCUT2D eigenvalue weighted by atomic mass is 16.5. The fraction of sp³-hybridized carbons (Fsp3) is 0.259. The zero-order chi connectivity index (χ0) is 22.9. The SMILES string of the molecule is COc1cccc(-c2ccc3oc([C@H]4CCCN4C(=O)Nc4ccc(C)c(C)c4)nc3c2)c1. The number of rotatable bonds is 4. The fourth-order valence-electron chi connectivity index (χ4n) is 4.35. The highest BCUT2D eigenvalue weighted by molar-refractivity contribution is 5.90. The zero-order valence-corrected chi connectivity index (χ0v) is 19.1. The minimum absolute atomic E-state index is 0.125. The van der Waals surface area contributed by atoms with Gasteiger partial charge in [0.15, 0.2) is 5.58 Å². The van der Waals surface area contributed by atoms with E-state index in [2.05, 4.69) is 12.2 Å². The number of fused-ring (bicyclic) bond motifs is 1. The first-order chi connectivity index (χ1) is 16.0. The molecule has 33 heavy (non-hydrogen) atoms. The molecule has 0 bridgehead atoms. The number of hydrogen-bond acceptors (Lipinski definition) is 4. The van der Waals surface area contributed by atoms with Crippen molar-refractivity contribution >= 4 is 22.8 Å².